The zero-order valence-corrected chi connectivity index (χ0v) is 18.5. The van der Waals surface area contributed by atoms with Crippen molar-refractivity contribution in [2.45, 2.75) is 40.0 Å². The Morgan fingerprint density at radius 1 is 1.08 bits per heavy atom. The van der Waals surface area contributed by atoms with Gasteiger partial charge in [0, 0.05) is 52.4 Å². The molecule has 2 saturated heterocycles. The molecule has 0 spiro atoms. The fourth-order valence-electron chi connectivity index (χ4n) is 3.42. The highest BCUT2D eigenvalue weighted by molar-refractivity contribution is 14.0. The van der Waals surface area contributed by atoms with Crippen LogP contribution in [-0.2, 0) is 0 Å². The highest BCUT2D eigenvalue weighted by Gasteiger charge is 2.30. The Morgan fingerprint density at radius 3 is 2.38 bits per heavy atom. The lowest BCUT2D eigenvalue weighted by atomic mass is 9.93. The zero-order chi connectivity index (χ0) is 16.7. The van der Waals surface area contributed by atoms with Gasteiger partial charge in [0.25, 0.3) is 0 Å². The second kappa shape index (κ2) is 10.8. The number of piperazine rings is 1. The molecule has 0 aliphatic carbocycles. The third-order valence-corrected chi connectivity index (χ3v) is 5.05. The Hall–Kier alpha value is -0.0800. The topological polar surface area (TPSA) is 34.1 Å². The lowest BCUT2D eigenvalue weighted by Crippen LogP contribution is -2.44. The summed E-state index contributed by atoms with van der Waals surface area (Å²) in [6.07, 6.45) is 3.72. The predicted molar refractivity (Wildman–Crippen MR) is 115 cm³/mol. The van der Waals surface area contributed by atoms with Gasteiger partial charge >= 0.3 is 0 Å². The maximum Gasteiger partial charge on any atom is 0.193 e. The molecular weight excluding hydrogens is 413 g/mol. The van der Waals surface area contributed by atoms with Crippen molar-refractivity contribution in [2.75, 3.05) is 66.0 Å². The average Bonchev–Trinajstić information content (AvgIpc) is 2.88. The van der Waals surface area contributed by atoms with Crippen molar-refractivity contribution in [3.8, 4) is 0 Å². The molecule has 0 amide bonds. The SMILES string of the molecule is CCNC(=NCCCCN1CCN(C)CC1)N1CCC(C)(C)C1.I. The van der Waals surface area contributed by atoms with Crippen molar-refractivity contribution in [2.24, 2.45) is 10.4 Å². The average molecular weight is 451 g/mol. The molecule has 0 radical (unpaired) electrons. The monoisotopic (exact) mass is 451 g/mol. The normalized spacial score (nSPS) is 22.5. The minimum atomic E-state index is 0. The summed E-state index contributed by atoms with van der Waals surface area (Å²) >= 11 is 0. The molecule has 0 bridgehead atoms. The molecule has 6 heteroatoms. The van der Waals surface area contributed by atoms with E-state index >= 15 is 0 Å². The number of aliphatic imine (C=N–C) groups is 1. The fraction of sp³-hybridized carbons (Fsp3) is 0.944. The van der Waals surface area contributed by atoms with Crippen molar-refractivity contribution in [3.05, 3.63) is 0 Å². The Kier molecular flexibility index (Phi) is 9.89. The number of rotatable bonds is 6. The van der Waals surface area contributed by atoms with Crippen LogP contribution in [0.15, 0.2) is 4.99 Å². The molecule has 5 nitrogen and oxygen atoms in total. The molecule has 0 atom stereocenters. The number of nitrogens with one attached hydrogen (secondary N) is 1. The van der Waals surface area contributed by atoms with Crippen molar-refractivity contribution in [3.63, 3.8) is 0 Å². The molecule has 1 N–H and O–H groups in total. The van der Waals surface area contributed by atoms with Crippen molar-refractivity contribution in [1.82, 2.24) is 20.0 Å². The second-order valence-corrected chi connectivity index (χ2v) is 7.92. The quantitative estimate of drug-likeness (QED) is 0.291. The van der Waals surface area contributed by atoms with Crippen LogP contribution in [0.4, 0.5) is 0 Å². The Morgan fingerprint density at radius 2 is 1.79 bits per heavy atom. The Bertz CT molecular complexity index is 378. The molecule has 0 saturated carbocycles. The van der Waals surface area contributed by atoms with Crippen LogP contribution in [0.2, 0.25) is 0 Å². The van der Waals surface area contributed by atoms with E-state index in [1.165, 1.54) is 52.0 Å². The van der Waals surface area contributed by atoms with E-state index in [9.17, 15) is 0 Å². The first kappa shape index (κ1) is 22.0. The van der Waals surface area contributed by atoms with Crippen LogP contribution in [0.5, 0.6) is 0 Å². The van der Waals surface area contributed by atoms with Gasteiger partial charge in [-0.25, -0.2) is 0 Å². The van der Waals surface area contributed by atoms with Gasteiger partial charge in [0.15, 0.2) is 5.96 Å². The summed E-state index contributed by atoms with van der Waals surface area (Å²) in [5, 5.41) is 3.47. The third kappa shape index (κ3) is 7.44. The van der Waals surface area contributed by atoms with Crippen LogP contribution in [-0.4, -0.2) is 86.6 Å². The number of nitrogens with zero attached hydrogens (tertiary/aromatic N) is 4. The number of hydrogen-bond acceptors (Lipinski definition) is 3. The van der Waals surface area contributed by atoms with Crippen LogP contribution in [0.25, 0.3) is 0 Å². The highest BCUT2D eigenvalue weighted by Crippen LogP contribution is 2.28. The zero-order valence-electron chi connectivity index (χ0n) is 16.2. The fourth-order valence-corrected chi connectivity index (χ4v) is 3.42. The minimum absolute atomic E-state index is 0. The summed E-state index contributed by atoms with van der Waals surface area (Å²) in [4.78, 5) is 12.3. The molecule has 0 aromatic carbocycles. The lowest BCUT2D eigenvalue weighted by molar-refractivity contribution is 0.152. The van der Waals surface area contributed by atoms with Crippen LogP contribution in [0, 0.1) is 5.41 Å². The third-order valence-electron chi connectivity index (χ3n) is 5.05. The van der Waals surface area contributed by atoms with Gasteiger partial charge in [0.1, 0.15) is 0 Å². The van der Waals surface area contributed by atoms with Gasteiger partial charge in [-0.3, -0.25) is 4.99 Å². The van der Waals surface area contributed by atoms with Gasteiger partial charge in [-0.05, 0) is 45.2 Å². The summed E-state index contributed by atoms with van der Waals surface area (Å²) in [5.41, 5.74) is 0.428. The Labute approximate surface area is 166 Å². The van der Waals surface area contributed by atoms with E-state index in [0.717, 1.165) is 32.1 Å². The van der Waals surface area contributed by atoms with Gasteiger partial charge < -0.3 is 20.0 Å². The summed E-state index contributed by atoms with van der Waals surface area (Å²) in [6, 6.07) is 0. The molecule has 2 rings (SSSR count). The summed E-state index contributed by atoms with van der Waals surface area (Å²) in [7, 11) is 2.22. The van der Waals surface area contributed by atoms with Gasteiger partial charge in [0.2, 0.25) is 0 Å². The van der Waals surface area contributed by atoms with Crippen LogP contribution >= 0.6 is 24.0 Å². The Balaban J connectivity index is 0.00000288. The predicted octanol–water partition coefficient (Wildman–Crippen LogP) is 2.33. The van der Waals surface area contributed by atoms with E-state index in [1.54, 1.807) is 0 Å². The first-order chi connectivity index (χ1) is 11.0. The van der Waals surface area contributed by atoms with Crippen LogP contribution < -0.4 is 5.32 Å². The van der Waals surface area contributed by atoms with E-state index in [4.69, 9.17) is 4.99 Å². The van der Waals surface area contributed by atoms with Crippen molar-refractivity contribution in [1.29, 1.82) is 0 Å². The van der Waals surface area contributed by atoms with Crippen molar-refractivity contribution < 1.29 is 0 Å². The molecule has 0 aromatic rings. The summed E-state index contributed by atoms with van der Waals surface area (Å²) in [5.74, 6) is 1.12. The van der Waals surface area contributed by atoms with Crippen molar-refractivity contribution >= 4 is 29.9 Å². The molecule has 2 aliphatic heterocycles. The van der Waals surface area contributed by atoms with Crippen LogP contribution in [0.3, 0.4) is 0 Å². The number of hydrogen-bond donors (Lipinski definition) is 1. The number of likely N-dealkylation sites (N-methyl/N-ethyl adjacent to an activating group) is 1. The number of halogens is 1. The van der Waals surface area contributed by atoms with Gasteiger partial charge in [-0.1, -0.05) is 13.8 Å². The first-order valence-corrected chi connectivity index (χ1v) is 9.44. The standard InChI is InChI=1S/C18H37N5.HI/c1-5-19-17(23-11-8-18(2,3)16-23)20-9-6-7-10-22-14-12-21(4)13-15-22;/h5-16H2,1-4H3,(H,19,20);1H. The molecule has 142 valence electrons. The molecular formula is C18H38IN5. The molecule has 24 heavy (non-hydrogen) atoms. The minimum Gasteiger partial charge on any atom is -0.357 e. The van der Waals surface area contributed by atoms with E-state index < -0.39 is 0 Å². The van der Waals surface area contributed by atoms with E-state index in [0.29, 0.717) is 5.41 Å². The maximum absolute atomic E-state index is 4.86. The molecule has 0 unspecified atom stereocenters. The summed E-state index contributed by atoms with van der Waals surface area (Å²) in [6.45, 7) is 17.2. The van der Waals surface area contributed by atoms with Gasteiger partial charge in [-0.2, -0.15) is 0 Å². The lowest BCUT2D eigenvalue weighted by Gasteiger charge is -2.32. The first-order valence-electron chi connectivity index (χ1n) is 9.44. The van der Waals surface area contributed by atoms with Crippen LogP contribution in [0.1, 0.15) is 40.0 Å². The number of unbranched alkanes of at least 4 members (excludes halogenated alkanes) is 1. The number of likely N-dealkylation sites (tertiary alicyclic amines) is 1. The van der Waals surface area contributed by atoms with E-state index in [2.05, 4.69) is 47.8 Å². The molecule has 2 fully saturated rings. The van der Waals surface area contributed by atoms with E-state index in [-0.39, 0.29) is 24.0 Å². The largest absolute Gasteiger partial charge is 0.357 e. The summed E-state index contributed by atoms with van der Waals surface area (Å²) < 4.78 is 0. The highest BCUT2D eigenvalue weighted by atomic mass is 127. The van der Waals surface area contributed by atoms with Gasteiger partial charge in [-0.15, -0.1) is 24.0 Å². The molecule has 2 heterocycles. The molecule has 2 aliphatic rings. The second-order valence-electron chi connectivity index (χ2n) is 7.92. The van der Waals surface area contributed by atoms with Gasteiger partial charge in [0.05, 0.1) is 0 Å². The maximum atomic E-state index is 4.86. The smallest absolute Gasteiger partial charge is 0.193 e. The number of guanidine groups is 1. The molecule has 0 aromatic heterocycles. The van der Waals surface area contributed by atoms with E-state index in [1.807, 2.05) is 0 Å².